The Bertz CT molecular complexity index is 894. The Morgan fingerprint density at radius 3 is 1.98 bits per heavy atom. The van der Waals surface area contributed by atoms with Gasteiger partial charge in [0, 0.05) is 25.9 Å². The lowest BCUT2D eigenvalue weighted by molar-refractivity contribution is -0.147. The fourth-order valence-corrected chi connectivity index (χ4v) is 7.38. The van der Waals surface area contributed by atoms with Crippen molar-refractivity contribution in [2.45, 2.75) is 168 Å². The molecule has 1 aliphatic carbocycles. The first kappa shape index (κ1) is 40.0. The van der Waals surface area contributed by atoms with Crippen molar-refractivity contribution in [3.05, 3.63) is 36.5 Å². The Labute approximate surface area is 268 Å². The van der Waals surface area contributed by atoms with Gasteiger partial charge < -0.3 is 18.7 Å². The average molecular weight is 637 g/mol. The van der Waals surface area contributed by atoms with E-state index in [9.17, 15) is 4.79 Å². The van der Waals surface area contributed by atoms with Crippen LogP contribution in [0, 0.1) is 11.8 Å². The fourth-order valence-electron chi connectivity index (χ4n) is 4.79. The van der Waals surface area contributed by atoms with Crippen molar-refractivity contribution in [2.24, 2.45) is 11.8 Å². The summed E-state index contributed by atoms with van der Waals surface area (Å²) >= 11 is 0. The molecular formula is C36H68O5Si2. The number of unbranched alkanes of at least 4 members (excludes halogenated alkanes) is 4. The zero-order valence-electron chi connectivity index (χ0n) is 30.0. The molecule has 250 valence electrons. The maximum atomic E-state index is 12.1. The Morgan fingerprint density at radius 2 is 1.42 bits per heavy atom. The molecule has 0 saturated heterocycles. The van der Waals surface area contributed by atoms with Gasteiger partial charge in [-0.15, -0.1) is 0 Å². The van der Waals surface area contributed by atoms with Crippen molar-refractivity contribution in [1.29, 1.82) is 0 Å². The molecule has 1 rings (SSSR count). The zero-order chi connectivity index (χ0) is 32.9. The van der Waals surface area contributed by atoms with Gasteiger partial charge in [-0.1, -0.05) is 97.8 Å². The van der Waals surface area contributed by atoms with E-state index in [0.29, 0.717) is 6.42 Å². The molecule has 43 heavy (non-hydrogen) atoms. The molecule has 0 bridgehead atoms. The lowest BCUT2D eigenvalue weighted by Crippen LogP contribution is -2.52. The van der Waals surface area contributed by atoms with E-state index in [2.05, 4.69) is 111 Å². The molecule has 7 heteroatoms. The van der Waals surface area contributed by atoms with Crippen LogP contribution in [-0.4, -0.2) is 52.6 Å². The van der Waals surface area contributed by atoms with Gasteiger partial charge in [-0.3, -0.25) is 4.79 Å². The van der Waals surface area contributed by atoms with Crippen LogP contribution in [0.3, 0.4) is 0 Å². The molecule has 0 radical (unpaired) electrons. The van der Waals surface area contributed by atoms with Gasteiger partial charge in [0.25, 0.3) is 0 Å². The highest BCUT2D eigenvalue weighted by atomic mass is 28.4. The molecule has 0 aromatic heterocycles. The highest BCUT2D eigenvalue weighted by Crippen LogP contribution is 2.51. The molecule has 0 heterocycles. The van der Waals surface area contributed by atoms with E-state index in [1.54, 1.807) is 0 Å². The lowest BCUT2D eigenvalue weighted by atomic mass is 10.0. The zero-order valence-corrected chi connectivity index (χ0v) is 32.0. The lowest BCUT2D eigenvalue weighted by Gasteiger charge is -2.45. The van der Waals surface area contributed by atoms with Crippen LogP contribution in [0.15, 0.2) is 36.5 Å². The van der Waals surface area contributed by atoms with E-state index >= 15 is 0 Å². The third kappa shape index (κ3) is 14.3. The first-order valence-corrected chi connectivity index (χ1v) is 22.8. The molecule has 0 unspecified atom stereocenters. The van der Waals surface area contributed by atoms with Crippen molar-refractivity contribution < 1.29 is 23.5 Å². The van der Waals surface area contributed by atoms with Crippen molar-refractivity contribution in [2.75, 3.05) is 6.61 Å². The summed E-state index contributed by atoms with van der Waals surface area (Å²) < 4.78 is 20.4. The first-order chi connectivity index (χ1) is 19.9. The number of hydrogen-bond acceptors (Lipinski definition) is 5. The van der Waals surface area contributed by atoms with Crippen molar-refractivity contribution in [3.8, 4) is 0 Å². The van der Waals surface area contributed by atoms with Crippen molar-refractivity contribution in [1.82, 2.24) is 0 Å². The van der Waals surface area contributed by atoms with E-state index in [1.807, 2.05) is 0 Å². The predicted molar refractivity (Wildman–Crippen MR) is 188 cm³/mol. The summed E-state index contributed by atoms with van der Waals surface area (Å²) in [6.07, 6.45) is 21.9. The maximum absolute atomic E-state index is 12.1. The molecule has 0 aromatic carbocycles. The quantitative estimate of drug-likeness (QED) is 0.0623. The number of allylic oxidation sites excluding steroid dienone is 4. The van der Waals surface area contributed by atoms with Gasteiger partial charge in [0.2, 0.25) is 0 Å². The number of carbonyl (C=O) groups excluding carboxylic acids is 1. The number of aliphatic hydroxyl groups excluding tert-OH is 1. The minimum absolute atomic E-state index is 0.0623. The Balaban J connectivity index is 3.39. The van der Waals surface area contributed by atoms with Gasteiger partial charge in [-0.05, 0) is 80.7 Å². The Kier molecular flexibility index (Phi) is 17.0. The monoisotopic (exact) mass is 636 g/mol. The largest absolute Gasteiger partial charge is 0.462 e. The standard InChI is InChI=1S/C36H68O5Si2/c1-13-14-15-16-17-18-19-23-26-33(40-42(9,10)35(3,4)5)34(41-43(11,12)36(6,7)8)31-28-30(31)32(39-29(2)38)25-22-20-21-24-27-37/h17-18,20,22-23,26,30-34,37H,13-16,19,21,24-25,27-28H2,1-12H3/b18-17+,22-20+,26-23+/t30-,31-,32-,33-,34-/m1/s1. The van der Waals surface area contributed by atoms with Gasteiger partial charge in [-0.2, -0.15) is 0 Å². The smallest absolute Gasteiger partial charge is 0.302 e. The number of carbonyl (C=O) groups is 1. The summed E-state index contributed by atoms with van der Waals surface area (Å²) in [5.74, 6) is 0.257. The molecule has 1 saturated carbocycles. The fraction of sp³-hybridized carbons (Fsp3) is 0.806. The molecule has 1 aliphatic rings. The highest BCUT2D eigenvalue weighted by molar-refractivity contribution is 6.74. The molecule has 1 N–H and O–H groups in total. The van der Waals surface area contributed by atoms with Gasteiger partial charge in [-0.25, -0.2) is 0 Å². The number of ether oxygens (including phenoxy) is 1. The van der Waals surface area contributed by atoms with E-state index < -0.39 is 16.6 Å². The second kappa shape index (κ2) is 18.2. The normalized spacial score (nSPS) is 20.7. The molecule has 0 aromatic rings. The van der Waals surface area contributed by atoms with Crippen molar-refractivity contribution >= 4 is 22.6 Å². The Hall–Kier alpha value is -0.996. The first-order valence-electron chi connectivity index (χ1n) is 17.0. The summed E-state index contributed by atoms with van der Waals surface area (Å²) in [6, 6.07) is 0. The minimum Gasteiger partial charge on any atom is -0.462 e. The van der Waals surface area contributed by atoms with Crippen LogP contribution in [0.1, 0.15) is 113 Å². The number of aliphatic hydroxyl groups is 1. The van der Waals surface area contributed by atoms with Crippen LogP contribution in [0.25, 0.3) is 0 Å². The molecule has 0 spiro atoms. The van der Waals surface area contributed by atoms with Gasteiger partial charge in [0.1, 0.15) is 6.10 Å². The van der Waals surface area contributed by atoms with Gasteiger partial charge >= 0.3 is 5.97 Å². The SMILES string of the molecule is CCCCC/C=C/C/C=C/[C@@H](O[Si](C)(C)C(C)(C)C)[C@H](O[Si](C)(C)C(C)(C)C)[C@@H]1C[C@H]1[C@@H](C/C=C/CCCO)OC(C)=O. The molecule has 5 atom stereocenters. The van der Waals surface area contributed by atoms with E-state index in [4.69, 9.17) is 18.7 Å². The maximum Gasteiger partial charge on any atom is 0.302 e. The van der Waals surface area contributed by atoms with Crippen LogP contribution in [-0.2, 0) is 18.4 Å². The summed E-state index contributed by atoms with van der Waals surface area (Å²) in [7, 11) is -4.26. The number of rotatable bonds is 20. The molecule has 0 aliphatic heterocycles. The summed E-state index contributed by atoms with van der Waals surface area (Å²) in [5.41, 5.74) is 0. The van der Waals surface area contributed by atoms with E-state index in [0.717, 1.165) is 32.1 Å². The second-order valence-corrected chi connectivity index (χ2v) is 25.1. The highest BCUT2D eigenvalue weighted by Gasteiger charge is 2.54. The minimum atomic E-state index is -2.14. The van der Waals surface area contributed by atoms with Gasteiger partial charge in [0.05, 0.1) is 12.2 Å². The van der Waals surface area contributed by atoms with Crippen LogP contribution in [0.5, 0.6) is 0 Å². The topological polar surface area (TPSA) is 65.0 Å². The third-order valence-electron chi connectivity index (χ3n) is 9.71. The van der Waals surface area contributed by atoms with Gasteiger partial charge in [0.15, 0.2) is 16.6 Å². The predicted octanol–water partition coefficient (Wildman–Crippen LogP) is 10.1. The van der Waals surface area contributed by atoms with Crippen LogP contribution >= 0.6 is 0 Å². The van der Waals surface area contributed by atoms with Crippen LogP contribution < -0.4 is 0 Å². The Morgan fingerprint density at radius 1 is 0.837 bits per heavy atom. The summed E-state index contributed by atoms with van der Waals surface area (Å²) in [4.78, 5) is 12.1. The number of esters is 1. The second-order valence-electron chi connectivity index (χ2n) is 15.6. The summed E-state index contributed by atoms with van der Waals surface area (Å²) in [5, 5.41) is 9.26. The molecular weight excluding hydrogens is 569 g/mol. The molecule has 5 nitrogen and oxygen atoms in total. The molecule has 1 fully saturated rings. The van der Waals surface area contributed by atoms with Crippen molar-refractivity contribution in [3.63, 3.8) is 0 Å². The van der Waals surface area contributed by atoms with Crippen LogP contribution in [0.4, 0.5) is 0 Å². The molecule has 0 amide bonds. The van der Waals surface area contributed by atoms with E-state index in [1.165, 1.54) is 26.2 Å². The number of hydrogen-bond donors (Lipinski definition) is 1. The van der Waals surface area contributed by atoms with Crippen LogP contribution in [0.2, 0.25) is 36.3 Å². The van der Waals surface area contributed by atoms with E-state index in [-0.39, 0.29) is 52.8 Å². The third-order valence-corrected chi connectivity index (χ3v) is 18.7. The summed E-state index contributed by atoms with van der Waals surface area (Å²) in [6.45, 7) is 27.0. The average Bonchev–Trinajstić information content (AvgIpc) is 3.66.